The van der Waals surface area contributed by atoms with Crippen molar-refractivity contribution in [2.24, 2.45) is 0 Å². The predicted octanol–water partition coefficient (Wildman–Crippen LogP) is 3.08. The topological polar surface area (TPSA) is 115 Å². The highest BCUT2D eigenvalue weighted by atomic mass is 19.1. The van der Waals surface area contributed by atoms with Crippen LogP contribution in [0, 0.1) is 5.82 Å². The van der Waals surface area contributed by atoms with Crippen LogP contribution in [0.1, 0.15) is 25.0 Å². The largest absolute Gasteiger partial charge is 0.514 e. The molecule has 0 radical (unpaired) electrons. The minimum Gasteiger partial charge on any atom is -0.437 e. The van der Waals surface area contributed by atoms with E-state index < -0.39 is 6.16 Å². The molecule has 0 unspecified atom stereocenters. The van der Waals surface area contributed by atoms with Gasteiger partial charge < -0.3 is 19.8 Å². The van der Waals surface area contributed by atoms with Crippen molar-refractivity contribution >= 4 is 12.0 Å². The molecule has 0 saturated heterocycles. The van der Waals surface area contributed by atoms with Crippen molar-refractivity contribution in [2.45, 2.75) is 24.7 Å². The summed E-state index contributed by atoms with van der Waals surface area (Å²) in [5.41, 5.74) is 0.647. The number of carbonyl (C=O) groups excluding carboxylic acids is 1. The summed E-state index contributed by atoms with van der Waals surface area (Å²) in [7, 11) is 1.22. The Morgan fingerprint density at radius 1 is 1.28 bits per heavy atom. The molecule has 0 aliphatic heterocycles. The smallest absolute Gasteiger partial charge is 0.437 e. The fraction of sp³-hybridized carbons (Fsp3) is 0.316. The third-order valence-corrected chi connectivity index (χ3v) is 5.00. The van der Waals surface area contributed by atoms with Gasteiger partial charge in [0.1, 0.15) is 17.3 Å². The van der Waals surface area contributed by atoms with Gasteiger partial charge in [-0.05, 0) is 37.1 Å². The summed E-state index contributed by atoms with van der Waals surface area (Å²) in [4.78, 5) is 22.3. The molecule has 29 heavy (non-hydrogen) atoms. The molecule has 4 rings (SSSR count). The van der Waals surface area contributed by atoms with E-state index in [1.54, 1.807) is 24.4 Å². The van der Waals surface area contributed by atoms with E-state index in [1.165, 1.54) is 19.4 Å². The lowest BCUT2D eigenvalue weighted by Gasteiger charge is -2.41. The number of halogens is 1. The number of hydrogen-bond donors (Lipinski definition) is 2. The molecule has 3 aromatic heterocycles. The molecule has 0 atom stereocenters. The SMILES string of the molecule is COC(=O)Oc1cnc(-c2ccc(NCC3(c4ncccc4F)CCC3)nn2)[nH]1. The molecule has 1 aliphatic carbocycles. The monoisotopic (exact) mass is 398 g/mol. The Balaban J connectivity index is 1.42. The van der Waals surface area contributed by atoms with Crippen molar-refractivity contribution in [2.75, 3.05) is 19.0 Å². The first kappa shape index (κ1) is 18.8. The van der Waals surface area contributed by atoms with E-state index in [1.807, 2.05) is 0 Å². The number of methoxy groups -OCH3 is 1. The lowest BCUT2D eigenvalue weighted by Crippen LogP contribution is -2.42. The van der Waals surface area contributed by atoms with E-state index in [0.29, 0.717) is 29.6 Å². The number of H-pyrrole nitrogens is 1. The fourth-order valence-electron chi connectivity index (χ4n) is 3.31. The van der Waals surface area contributed by atoms with Crippen LogP contribution in [0.5, 0.6) is 5.88 Å². The van der Waals surface area contributed by atoms with Crippen LogP contribution in [0.3, 0.4) is 0 Å². The second-order valence-corrected chi connectivity index (χ2v) is 6.78. The molecule has 0 bridgehead atoms. The number of anilines is 1. The van der Waals surface area contributed by atoms with Gasteiger partial charge in [-0.15, -0.1) is 10.2 Å². The summed E-state index contributed by atoms with van der Waals surface area (Å²) >= 11 is 0. The van der Waals surface area contributed by atoms with Gasteiger partial charge in [0.15, 0.2) is 5.82 Å². The van der Waals surface area contributed by atoms with Crippen LogP contribution in [-0.2, 0) is 10.2 Å². The summed E-state index contributed by atoms with van der Waals surface area (Å²) < 4.78 is 23.5. The zero-order chi connectivity index (χ0) is 20.3. The van der Waals surface area contributed by atoms with Gasteiger partial charge in [0.25, 0.3) is 0 Å². The summed E-state index contributed by atoms with van der Waals surface area (Å²) in [5, 5.41) is 11.5. The van der Waals surface area contributed by atoms with Crippen molar-refractivity contribution in [3.8, 4) is 17.4 Å². The van der Waals surface area contributed by atoms with E-state index in [2.05, 4.69) is 35.2 Å². The second kappa shape index (κ2) is 7.82. The van der Waals surface area contributed by atoms with E-state index in [-0.39, 0.29) is 17.1 Å². The molecular formula is C19H19FN6O3. The number of imidazole rings is 1. The van der Waals surface area contributed by atoms with Gasteiger partial charge in [0.05, 0.1) is 19.0 Å². The Kier molecular flexibility index (Phi) is 5.07. The third-order valence-electron chi connectivity index (χ3n) is 5.00. The number of hydrogen-bond acceptors (Lipinski definition) is 8. The molecule has 3 aromatic rings. The van der Waals surface area contributed by atoms with Crippen LogP contribution >= 0.6 is 0 Å². The van der Waals surface area contributed by atoms with Gasteiger partial charge in [-0.1, -0.05) is 6.42 Å². The summed E-state index contributed by atoms with van der Waals surface area (Å²) in [6, 6.07) is 6.52. The van der Waals surface area contributed by atoms with Crippen molar-refractivity contribution in [3.05, 3.63) is 48.2 Å². The molecule has 0 aromatic carbocycles. The van der Waals surface area contributed by atoms with E-state index >= 15 is 0 Å². The molecule has 1 saturated carbocycles. The fourth-order valence-corrected chi connectivity index (χ4v) is 3.31. The van der Waals surface area contributed by atoms with Crippen LogP contribution in [0.4, 0.5) is 15.0 Å². The summed E-state index contributed by atoms with van der Waals surface area (Å²) in [5.74, 6) is 0.821. The number of ether oxygens (including phenoxy) is 2. The van der Waals surface area contributed by atoms with Crippen LogP contribution < -0.4 is 10.1 Å². The minimum atomic E-state index is -0.847. The molecule has 1 fully saturated rings. The van der Waals surface area contributed by atoms with Crippen LogP contribution in [0.25, 0.3) is 11.5 Å². The first-order valence-corrected chi connectivity index (χ1v) is 9.09. The van der Waals surface area contributed by atoms with Gasteiger partial charge in [-0.2, -0.15) is 0 Å². The number of aromatic amines is 1. The van der Waals surface area contributed by atoms with Crippen molar-refractivity contribution in [1.29, 1.82) is 0 Å². The normalized spacial score (nSPS) is 14.7. The summed E-state index contributed by atoms with van der Waals surface area (Å²) in [6.45, 7) is 0.521. The standard InChI is InChI=1S/C19H19FN6O3/c1-28-18(27)29-15-10-22-17(24-15)13-5-6-14(26-25-13)23-11-19(7-3-8-19)16-12(20)4-2-9-21-16/h2,4-6,9-10H,3,7-8,11H2,1H3,(H,22,24)(H,23,26). The quantitative estimate of drug-likeness (QED) is 0.609. The second-order valence-electron chi connectivity index (χ2n) is 6.78. The van der Waals surface area contributed by atoms with Gasteiger partial charge in [0, 0.05) is 18.2 Å². The highest BCUT2D eigenvalue weighted by molar-refractivity contribution is 5.63. The van der Waals surface area contributed by atoms with Gasteiger partial charge in [0.2, 0.25) is 5.88 Å². The number of aromatic nitrogens is 5. The zero-order valence-electron chi connectivity index (χ0n) is 15.7. The molecule has 9 nitrogen and oxygen atoms in total. The average molecular weight is 398 g/mol. The predicted molar refractivity (Wildman–Crippen MR) is 101 cm³/mol. The maximum Gasteiger partial charge on any atom is 0.514 e. The molecule has 1 aliphatic rings. The van der Waals surface area contributed by atoms with Crippen LogP contribution in [0.15, 0.2) is 36.7 Å². The molecule has 2 N–H and O–H groups in total. The molecule has 150 valence electrons. The number of pyridine rings is 1. The minimum absolute atomic E-state index is 0.139. The van der Waals surface area contributed by atoms with E-state index in [9.17, 15) is 9.18 Å². The molecule has 0 spiro atoms. The van der Waals surface area contributed by atoms with Gasteiger partial charge >= 0.3 is 6.16 Å². The van der Waals surface area contributed by atoms with E-state index in [0.717, 1.165) is 19.3 Å². The maximum atomic E-state index is 14.2. The number of nitrogens with one attached hydrogen (secondary N) is 2. The number of nitrogens with zero attached hydrogens (tertiary/aromatic N) is 4. The molecule has 3 heterocycles. The van der Waals surface area contributed by atoms with Gasteiger partial charge in [-0.25, -0.2) is 14.2 Å². The van der Waals surface area contributed by atoms with Gasteiger partial charge in [-0.3, -0.25) is 4.98 Å². The zero-order valence-corrected chi connectivity index (χ0v) is 15.7. The Labute approximate surface area is 165 Å². The van der Waals surface area contributed by atoms with E-state index in [4.69, 9.17) is 4.74 Å². The summed E-state index contributed by atoms with van der Waals surface area (Å²) in [6.07, 6.45) is 4.90. The number of rotatable bonds is 6. The van der Waals surface area contributed by atoms with Crippen LogP contribution in [-0.4, -0.2) is 45.0 Å². The lowest BCUT2D eigenvalue weighted by molar-refractivity contribution is 0.120. The van der Waals surface area contributed by atoms with Crippen molar-refractivity contribution in [1.82, 2.24) is 25.1 Å². The first-order chi connectivity index (χ1) is 14.1. The number of carbonyl (C=O) groups is 1. The Morgan fingerprint density at radius 2 is 2.14 bits per heavy atom. The molecule has 10 heteroatoms. The Hall–Kier alpha value is -3.56. The highest BCUT2D eigenvalue weighted by Crippen LogP contribution is 2.43. The van der Waals surface area contributed by atoms with Crippen molar-refractivity contribution < 1.29 is 18.7 Å². The average Bonchev–Trinajstić information content (AvgIpc) is 3.17. The maximum absolute atomic E-state index is 14.2. The first-order valence-electron chi connectivity index (χ1n) is 9.09. The Morgan fingerprint density at radius 3 is 2.79 bits per heavy atom. The van der Waals surface area contributed by atoms with Crippen molar-refractivity contribution in [3.63, 3.8) is 0 Å². The Bertz CT molecular complexity index is 1000. The third kappa shape index (κ3) is 3.86. The highest BCUT2D eigenvalue weighted by Gasteiger charge is 2.41. The molecular weight excluding hydrogens is 379 g/mol. The molecule has 0 amide bonds. The van der Waals surface area contributed by atoms with Crippen LogP contribution in [0.2, 0.25) is 0 Å². The lowest BCUT2D eigenvalue weighted by atomic mass is 9.66.